The van der Waals surface area contributed by atoms with E-state index in [1.165, 1.54) is 0 Å². The predicted octanol–water partition coefficient (Wildman–Crippen LogP) is 3.36. The Hall–Kier alpha value is -2.11. The molecule has 1 aliphatic rings. The number of pyridine rings is 1. The van der Waals surface area contributed by atoms with Crippen LogP contribution >= 0.6 is 12.4 Å². The van der Waals surface area contributed by atoms with E-state index in [0.717, 1.165) is 42.5 Å². The number of hydrogen-bond acceptors (Lipinski definition) is 4. The number of fused-ring (bicyclic) bond motifs is 1. The average Bonchev–Trinajstić information content (AvgIpc) is 3.04. The van der Waals surface area contributed by atoms with Crippen LogP contribution in [0.25, 0.3) is 10.9 Å². The summed E-state index contributed by atoms with van der Waals surface area (Å²) in [7, 11) is 0. The molecule has 5 nitrogen and oxygen atoms in total. The lowest BCUT2D eigenvalue weighted by Crippen LogP contribution is -2.27. The highest BCUT2D eigenvalue weighted by Crippen LogP contribution is 2.25. The van der Waals surface area contributed by atoms with Crippen molar-refractivity contribution in [2.45, 2.75) is 25.5 Å². The third-order valence-electron chi connectivity index (χ3n) is 4.39. The summed E-state index contributed by atoms with van der Waals surface area (Å²) >= 11 is 0. The van der Waals surface area contributed by atoms with Crippen LogP contribution in [0.3, 0.4) is 0 Å². The molecule has 4 rings (SSSR count). The van der Waals surface area contributed by atoms with Crippen molar-refractivity contribution in [2.24, 2.45) is 0 Å². The number of nitrogens with one attached hydrogen (secondary N) is 1. The van der Waals surface area contributed by atoms with Gasteiger partial charge in [0.25, 0.3) is 0 Å². The van der Waals surface area contributed by atoms with Crippen molar-refractivity contribution in [3.63, 3.8) is 0 Å². The molecule has 0 aliphatic carbocycles. The number of ether oxygens (including phenoxy) is 1. The second-order valence-corrected chi connectivity index (χ2v) is 5.90. The predicted molar refractivity (Wildman–Crippen MR) is 96.7 cm³/mol. The Kier molecular flexibility index (Phi) is 5.33. The van der Waals surface area contributed by atoms with Crippen molar-refractivity contribution in [1.29, 1.82) is 0 Å². The van der Waals surface area contributed by atoms with Crippen molar-refractivity contribution in [1.82, 2.24) is 20.1 Å². The van der Waals surface area contributed by atoms with Gasteiger partial charge in [0.15, 0.2) is 6.73 Å². The van der Waals surface area contributed by atoms with Gasteiger partial charge >= 0.3 is 0 Å². The molecular formula is C18H21ClN4O. The van der Waals surface area contributed by atoms with Crippen LogP contribution in [-0.4, -0.2) is 27.9 Å². The molecule has 0 bridgehead atoms. The standard InChI is InChI=1S/C18H20N4O.ClH/c1-2-6-17-15(4-1)12-20-22(17)13-23-18-7-3-5-16(21-18)14-8-10-19-11-9-14;/h1-7,12,14,19H,8-11,13H2;1H. The maximum atomic E-state index is 5.86. The van der Waals surface area contributed by atoms with Crippen LogP contribution in [-0.2, 0) is 6.73 Å². The zero-order valence-electron chi connectivity index (χ0n) is 13.4. The molecule has 0 radical (unpaired) electrons. The van der Waals surface area contributed by atoms with Gasteiger partial charge in [0.2, 0.25) is 5.88 Å². The second kappa shape index (κ2) is 7.64. The summed E-state index contributed by atoms with van der Waals surface area (Å²) in [6.07, 6.45) is 4.14. The quantitative estimate of drug-likeness (QED) is 0.788. The maximum absolute atomic E-state index is 5.86. The number of para-hydroxylation sites is 1. The fourth-order valence-corrected chi connectivity index (χ4v) is 3.11. The summed E-state index contributed by atoms with van der Waals surface area (Å²) in [5.74, 6) is 1.20. The Morgan fingerprint density at radius 2 is 1.92 bits per heavy atom. The molecule has 1 saturated heterocycles. The number of halogens is 1. The number of rotatable bonds is 4. The summed E-state index contributed by atoms with van der Waals surface area (Å²) in [6.45, 7) is 2.50. The lowest BCUT2D eigenvalue weighted by atomic mass is 9.94. The Labute approximate surface area is 147 Å². The van der Waals surface area contributed by atoms with Gasteiger partial charge < -0.3 is 10.1 Å². The molecule has 0 unspecified atom stereocenters. The molecule has 24 heavy (non-hydrogen) atoms. The molecule has 0 atom stereocenters. The van der Waals surface area contributed by atoms with Gasteiger partial charge in [-0.05, 0) is 38.1 Å². The smallest absolute Gasteiger partial charge is 0.215 e. The van der Waals surface area contributed by atoms with E-state index in [1.807, 2.05) is 41.2 Å². The Bertz CT molecular complexity index is 798. The first-order chi connectivity index (χ1) is 11.4. The lowest BCUT2D eigenvalue weighted by Gasteiger charge is -2.22. The molecule has 0 saturated carbocycles. The highest BCUT2D eigenvalue weighted by Gasteiger charge is 2.16. The zero-order valence-corrected chi connectivity index (χ0v) is 14.2. The largest absolute Gasteiger partial charge is 0.454 e. The summed E-state index contributed by atoms with van der Waals surface area (Å²) < 4.78 is 7.72. The minimum atomic E-state index is 0. The maximum Gasteiger partial charge on any atom is 0.215 e. The van der Waals surface area contributed by atoms with E-state index < -0.39 is 0 Å². The fourth-order valence-electron chi connectivity index (χ4n) is 3.11. The Morgan fingerprint density at radius 1 is 1.08 bits per heavy atom. The third kappa shape index (κ3) is 3.52. The summed E-state index contributed by atoms with van der Waals surface area (Å²) in [5.41, 5.74) is 2.20. The topological polar surface area (TPSA) is 52.0 Å². The molecule has 126 valence electrons. The van der Waals surface area contributed by atoms with E-state index in [9.17, 15) is 0 Å². The van der Waals surface area contributed by atoms with E-state index in [-0.39, 0.29) is 12.4 Å². The molecule has 2 aromatic heterocycles. The van der Waals surface area contributed by atoms with E-state index in [2.05, 4.69) is 27.5 Å². The lowest BCUT2D eigenvalue weighted by molar-refractivity contribution is 0.216. The SMILES string of the molecule is Cl.c1cc(OCn2ncc3ccccc32)nc(C2CCNCC2)c1. The zero-order chi connectivity index (χ0) is 15.5. The van der Waals surface area contributed by atoms with E-state index in [0.29, 0.717) is 18.5 Å². The molecule has 1 aromatic carbocycles. The average molecular weight is 345 g/mol. The van der Waals surface area contributed by atoms with Crippen LogP contribution in [0.15, 0.2) is 48.7 Å². The van der Waals surface area contributed by atoms with Gasteiger partial charge in [-0.1, -0.05) is 24.3 Å². The monoisotopic (exact) mass is 344 g/mol. The van der Waals surface area contributed by atoms with Crippen molar-refractivity contribution in [3.05, 3.63) is 54.4 Å². The van der Waals surface area contributed by atoms with Crippen molar-refractivity contribution >= 4 is 23.3 Å². The molecule has 6 heteroatoms. The fraction of sp³-hybridized carbons (Fsp3) is 0.333. The van der Waals surface area contributed by atoms with Gasteiger partial charge in [-0.2, -0.15) is 5.10 Å². The molecule has 3 heterocycles. The summed E-state index contributed by atoms with van der Waals surface area (Å²) in [6, 6.07) is 14.2. The number of piperidine rings is 1. The normalized spacial score (nSPS) is 15.2. The van der Waals surface area contributed by atoms with Crippen LogP contribution in [0.2, 0.25) is 0 Å². The highest BCUT2D eigenvalue weighted by atomic mass is 35.5. The van der Waals surface area contributed by atoms with Crippen LogP contribution in [0.4, 0.5) is 0 Å². The molecule has 0 amide bonds. The minimum absolute atomic E-state index is 0. The minimum Gasteiger partial charge on any atom is -0.454 e. The molecule has 1 aliphatic heterocycles. The van der Waals surface area contributed by atoms with Gasteiger partial charge in [0, 0.05) is 23.1 Å². The molecule has 0 spiro atoms. The summed E-state index contributed by atoms with van der Waals surface area (Å²) in [5, 5.41) is 8.89. The summed E-state index contributed by atoms with van der Waals surface area (Å²) in [4.78, 5) is 4.68. The van der Waals surface area contributed by atoms with E-state index in [1.54, 1.807) is 0 Å². The van der Waals surface area contributed by atoms with Gasteiger partial charge in [0.1, 0.15) is 0 Å². The van der Waals surface area contributed by atoms with Gasteiger partial charge in [-0.15, -0.1) is 12.4 Å². The van der Waals surface area contributed by atoms with Crippen molar-refractivity contribution < 1.29 is 4.74 Å². The van der Waals surface area contributed by atoms with Gasteiger partial charge in [0.05, 0.1) is 11.7 Å². The van der Waals surface area contributed by atoms with Crippen LogP contribution in [0.5, 0.6) is 5.88 Å². The molecule has 1 N–H and O–H groups in total. The molecule has 3 aromatic rings. The Morgan fingerprint density at radius 3 is 2.79 bits per heavy atom. The van der Waals surface area contributed by atoms with Gasteiger partial charge in [-0.3, -0.25) is 0 Å². The number of hydrogen-bond donors (Lipinski definition) is 1. The number of benzene rings is 1. The number of nitrogens with zero attached hydrogens (tertiary/aromatic N) is 3. The first kappa shape index (κ1) is 16.7. The third-order valence-corrected chi connectivity index (χ3v) is 4.39. The second-order valence-electron chi connectivity index (χ2n) is 5.90. The number of aromatic nitrogens is 3. The van der Waals surface area contributed by atoms with Gasteiger partial charge in [-0.25, -0.2) is 9.67 Å². The molecule has 1 fully saturated rings. The van der Waals surface area contributed by atoms with Crippen molar-refractivity contribution in [3.8, 4) is 5.88 Å². The van der Waals surface area contributed by atoms with Crippen LogP contribution in [0.1, 0.15) is 24.5 Å². The van der Waals surface area contributed by atoms with E-state index in [4.69, 9.17) is 4.74 Å². The highest BCUT2D eigenvalue weighted by molar-refractivity contribution is 5.85. The molecular weight excluding hydrogens is 324 g/mol. The van der Waals surface area contributed by atoms with Crippen LogP contribution < -0.4 is 10.1 Å². The van der Waals surface area contributed by atoms with Crippen LogP contribution in [0, 0.1) is 0 Å². The van der Waals surface area contributed by atoms with Crippen molar-refractivity contribution in [2.75, 3.05) is 13.1 Å². The first-order valence-electron chi connectivity index (χ1n) is 8.11. The Balaban J connectivity index is 0.00000169. The first-order valence-corrected chi connectivity index (χ1v) is 8.11. The van der Waals surface area contributed by atoms with E-state index >= 15 is 0 Å².